The van der Waals surface area contributed by atoms with Crippen LogP contribution in [0.3, 0.4) is 0 Å². The van der Waals surface area contributed by atoms with E-state index < -0.39 is 22.4 Å². The monoisotopic (exact) mass is 297 g/mol. The quantitative estimate of drug-likeness (QED) is 0.486. The lowest BCUT2D eigenvalue weighted by molar-refractivity contribution is -0.388. The minimum absolute atomic E-state index is 0.0803. The largest absolute Gasteiger partial charge is 0.423 e. The lowest BCUT2D eigenvalue weighted by atomic mass is 10.1. The first-order valence-electron chi connectivity index (χ1n) is 4.27. The van der Waals surface area contributed by atoms with Crippen LogP contribution in [0.15, 0.2) is 18.2 Å². The summed E-state index contributed by atoms with van der Waals surface area (Å²) in [6, 6.07) is 3.22. The second-order valence-electron chi connectivity index (χ2n) is 3.01. The smallest absolute Gasteiger partial charge is 0.258 e. The van der Waals surface area contributed by atoms with Gasteiger partial charge in [0.1, 0.15) is 5.56 Å². The van der Waals surface area contributed by atoms with Crippen molar-refractivity contribution in [1.82, 2.24) is 0 Å². The number of halogens is 4. The molecule has 1 rings (SSSR count). The van der Waals surface area contributed by atoms with Gasteiger partial charge in [-0.05, 0) is 12.5 Å². The predicted molar refractivity (Wildman–Crippen MR) is 55.6 cm³/mol. The number of nitro benzene ring substituents is 1. The highest BCUT2D eigenvalue weighted by molar-refractivity contribution is 9.09. The summed E-state index contributed by atoms with van der Waals surface area (Å²) in [4.78, 5) is 9.67. The van der Waals surface area contributed by atoms with Crippen molar-refractivity contribution in [3.05, 3.63) is 39.4 Å². The molecule has 0 aliphatic heterocycles. The molecule has 3 nitrogen and oxygen atoms in total. The molecule has 0 spiro atoms. The van der Waals surface area contributed by atoms with Crippen LogP contribution in [0.5, 0.6) is 0 Å². The summed E-state index contributed by atoms with van der Waals surface area (Å²) in [5.74, 6) is 0. The Morgan fingerprint density at radius 3 is 2.44 bits per heavy atom. The van der Waals surface area contributed by atoms with Crippen LogP contribution in [-0.2, 0) is 12.6 Å². The lowest BCUT2D eigenvalue weighted by Gasteiger charge is -2.09. The van der Waals surface area contributed by atoms with Crippen molar-refractivity contribution < 1.29 is 18.1 Å². The van der Waals surface area contributed by atoms with Crippen molar-refractivity contribution in [3.63, 3.8) is 0 Å². The fourth-order valence-corrected chi connectivity index (χ4v) is 1.77. The van der Waals surface area contributed by atoms with Crippen LogP contribution in [0.25, 0.3) is 0 Å². The molecule has 7 heteroatoms. The third kappa shape index (κ3) is 2.72. The molecular weight excluding hydrogens is 291 g/mol. The molecule has 0 unspecified atom stereocenters. The van der Waals surface area contributed by atoms with Crippen LogP contribution in [0, 0.1) is 10.1 Å². The molecule has 0 amide bonds. The molecule has 0 N–H and O–H groups in total. The van der Waals surface area contributed by atoms with Gasteiger partial charge in [0.25, 0.3) is 5.69 Å². The van der Waals surface area contributed by atoms with Crippen LogP contribution in [0.2, 0.25) is 0 Å². The fourth-order valence-electron chi connectivity index (χ4n) is 1.34. The number of hydrogen-bond donors (Lipinski definition) is 0. The summed E-state index contributed by atoms with van der Waals surface area (Å²) in [6.07, 6.45) is -4.52. The van der Waals surface area contributed by atoms with Crippen LogP contribution in [-0.4, -0.2) is 10.3 Å². The molecule has 16 heavy (non-hydrogen) atoms. The third-order valence-electron chi connectivity index (χ3n) is 1.97. The van der Waals surface area contributed by atoms with Crippen molar-refractivity contribution in [3.8, 4) is 0 Å². The maximum Gasteiger partial charge on any atom is 0.423 e. The Kier molecular flexibility index (Phi) is 3.90. The Bertz CT molecular complexity index is 406. The van der Waals surface area contributed by atoms with Gasteiger partial charge in [0, 0.05) is 10.9 Å². The maximum atomic E-state index is 12.5. The zero-order chi connectivity index (χ0) is 12.3. The summed E-state index contributed by atoms with van der Waals surface area (Å²) >= 11 is 3.04. The molecule has 0 aromatic heterocycles. The average molecular weight is 298 g/mol. The Labute approximate surface area is 97.5 Å². The molecule has 0 aliphatic carbocycles. The lowest BCUT2D eigenvalue weighted by Crippen LogP contribution is -2.11. The summed E-state index contributed by atoms with van der Waals surface area (Å²) in [7, 11) is 0. The van der Waals surface area contributed by atoms with Gasteiger partial charge in [-0.1, -0.05) is 28.1 Å². The van der Waals surface area contributed by atoms with Crippen LogP contribution < -0.4 is 0 Å². The fraction of sp³-hybridized carbons (Fsp3) is 0.333. The number of para-hydroxylation sites is 1. The molecule has 0 bridgehead atoms. The standard InChI is InChI=1S/C9H7BrF3NO2/c10-5-4-6-2-1-3-7(9(11,12)13)8(6)14(15)16/h1-3H,4-5H2. The molecule has 0 saturated heterocycles. The number of benzene rings is 1. The molecule has 0 heterocycles. The van der Waals surface area contributed by atoms with Crippen molar-refractivity contribution >= 4 is 21.6 Å². The molecule has 1 aromatic rings. The van der Waals surface area contributed by atoms with Gasteiger partial charge >= 0.3 is 6.18 Å². The zero-order valence-electron chi connectivity index (χ0n) is 7.92. The predicted octanol–water partition coefficient (Wildman–Crippen LogP) is 3.55. The zero-order valence-corrected chi connectivity index (χ0v) is 9.51. The van der Waals surface area contributed by atoms with Gasteiger partial charge in [-0.2, -0.15) is 13.2 Å². The summed E-state index contributed by atoms with van der Waals surface area (Å²) in [6.45, 7) is 0. The molecule has 1 aromatic carbocycles. The van der Waals surface area contributed by atoms with E-state index in [1.165, 1.54) is 12.1 Å². The van der Waals surface area contributed by atoms with E-state index in [1.54, 1.807) is 0 Å². The van der Waals surface area contributed by atoms with Gasteiger partial charge < -0.3 is 0 Å². The average Bonchev–Trinajstić information content (AvgIpc) is 2.16. The Morgan fingerprint density at radius 2 is 2.00 bits per heavy atom. The normalized spacial score (nSPS) is 11.5. The molecule has 0 fully saturated rings. The summed E-state index contributed by atoms with van der Waals surface area (Å²) < 4.78 is 37.5. The molecule has 0 saturated carbocycles. The van der Waals surface area contributed by atoms with E-state index in [9.17, 15) is 23.3 Å². The molecule has 0 radical (unpaired) electrons. The first-order valence-corrected chi connectivity index (χ1v) is 5.39. The molecular formula is C9H7BrF3NO2. The second kappa shape index (κ2) is 4.82. The third-order valence-corrected chi connectivity index (χ3v) is 2.37. The van der Waals surface area contributed by atoms with E-state index >= 15 is 0 Å². The highest BCUT2D eigenvalue weighted by atomic mass is 79.9. The minimum atomic E-state index is -4.70. The van der Waals surface area contributed by atoms with Crippen molar-refractivity contribution in [2.24, 2.45) is 0 Å². The second-order valence-corrected chi connectivity index (χ2v) is 3.80. The van der Waals surface area contributed by atoms with E-state index in [1.807, 2.05) is 0 Å². The van der Waals surface area contributed by atoms with Gasteiger partial charge in [-0.15, -0.1) is 0 Å². The first-order chi connectivity index (χ1) is 7.38. The van der Waals surface area contributed by atoms with Gasteiger partial charge in [0.2, 0.25) is 0 Å². The first kappa shape index (κ1) is 13.0. The maximum absolute atomic E-state index is 12.5. The van der Waals surface area contributed by atoms with Crippen LogP contribution >= 0.6 is 15.9 Å². The highest BCUT2D eigenvalue weighted by Crippen LogP contribution is 2.37. The SMILES string of the molecule is O=[N+]([O-])c1c(CCBr)cccc1C(F)(F)F. The van der Waals surface area contributed by atoms with Crippen molar-refractivity contribution in [2.75, 3.05) is 5.33 Å². The topological polar surface area (TPSA) is 43.1 Å². The Balaban J connectivity index is 3.39. The molecule has 0 atom stereocenters. The highest BCUT2D eigenvalue weighted by Gasteiger charge is 2.39. The van der Waals surface area contributed by atoms with Crippen LogP contribution in [0.1, 0.15) is 11.1 Å². The minimum Gasteiger partial charge on any atom is -0.258 e. The van der Waals surface area contributed by atoms with Gasteiger partial charge in [0.15, 0.2) is 0 Å². The number of nitro groups is 1. The van der Waals surface area contributed by atoms with Gasteiger partial charge in [-0.25, -0.2) is 0 Å². The van der Waals surface area contributed by atoms with E-state index in [2.05, 4.69) is 15.9 Å². The molecule has 0 aliphatic rings. The van der Waals surface area contributed by atoms with Gasteiger partial charge in [0.05, 0.1) is 4.92 Å². The summed E-state index contributed by atoms with van der Waals surface area (Å²) in [5, 5.41) is 11.0. The Hall–Kier alpha value is -1.11. The number of aryl methyl sites for hydroxylation is 1. The van der Waals surface area contributed by atoms with E-state index in [-0.39, 0.29) is 12.0 Å². The van der Waals surface area contributed by atoms with E-state index in [4.69, 9.17) is 0 Å². The number of hydrogen-bond acceptors (Lipinski definition) is 2. The van der Waals surface area contributed by atoms with Gasteiger partial charge in [-0.3, -0.25) is 10.1 Å². The van der Waals surface area contributed by atoms with Crippen molar-refractivity contribution in [1.29, 1.82) is 0 Å². The summed E-state index contributed by atoms with van der Waals surface area (Å²) in [5.41, 5.74) is -1.97. The Morgan fingerprint density at radius 1 is 1.38 bits per heavy atom. The van der Waals surface area contributed by atoms with Crippen LogP contribution in [0.4, 0.5) is 18.9 Å². The van der Waals surface area contributed by atoms with Crippen molar-refractivity contribution in [2.45, 2.75) is 12.6 Å². The van der Waals surface area contributed by atoms with E-state index in [0.717, 1.165) is 6.07 Å². The number of rotatable bonds is 3. The molecule has 88 valence electrons. The van der Waals surface area contributed by atoms with E-state index in [0.29, 0.717) is 5.33 Å². The number of alkyl halides is 4. The number of nitrogens with zero attached hydrogens (tertiary/aromatic N) is 1.